The van der Waals surface area contributed by atoms with Gasteiger partial charge in [0.25, 0.3) is 0 Å². The Morgan fingerprint density at radius 3 is 2.50 bits per heavy atom. The second-order valence-electron chi connectivity index (χ2n) is 6.35. The van der Waals surface area contributed by atoms with Crippen LogP contribution >= 0.6 is 0 Å². The van der Waals surface area contributed by atoms with Crippen molar-refractivity contribution in [3.63, 3.8) is 0 Å². The maximum absolute atomic E-state index is 5.92. The molecule has 1 aliphatic carbocycles. The van der Waals surface area contributed by atoms with Crippen LogP contribution in [0.15, 0.2) is 36.4 Å². The van der Waals surface area contributed by atoms with Crippen LogP contribution in [0.2, 0.25) is 0 Å². The summed E-state index contributed by atoms with van der Waals surface area (Å²) >= 11 is 0. The van der Waals surface area contributed by atoms with E-state index in [9.17, 15) is 0 Å². The fourth-order valence-electron chi connectivity index (χ4n) is 2.95. The summed E-state index contributed by atoms with van der Waals surface area (Å²) in [4.78, 5) is 0. The van der Waals surface area contributed by atoms with Crippen molar-refractivity contribution in [3.05, 3.63) is 42.0 Å². The molecule has 0 amide bonds. The number of hydrogen-bond donors (Lipinski definition) is 0. The third-order valence-corrected chi connectivity index (χ3v) is 4.40. The average molecular weight is 326 g/mol. The van der Waals surface area contributed by atoms with Crippen molar-refractivity contribution in [2.45, 2.75) is 58.5 Å². The molecule has 1 fully saturated rings. The van der Waals surface area contributed by atoms with E-state index in [1.807, 2.05) is 37.3 Å². The minimum atomic E-state index is 0.483. The van der Waals surface area contributed by atoms with Gasteiger partial charge in [0.15, 0.2) is 0 Å². The standard InChI is InChI=1S/C22H30O2/c1-3-5-18-24-22-16-12-20(13-17-22)9-7-6-8-19-10-14-21(15-11-19)23-4-2/h7,9-11,14-15,20,22H,3-5,12-13,16-18H2,1-2H3/b9-7+. The van der Waals surface area contributed by atoms with Gasteiger partial charge in [-0.25, -0.2) is 0 Å². The molecule has 0 N–H and O–H groups in total. The van der Waals surface area contributed by atoms with Gasteiger partial charge in [-0.3, -0.25) is 0 Å². The first-order valence-corrected chi connectivity index (χ1v) is 9.34. The van der Waals surface area contributed by atoms with Gasteiger partial charge in [0.05, 0.1) is 12.7 Å². The predicted molar refractivity (Wildman–Crippen MR) is 100 cm³/mol. The second-order valence-corrected chi connectivity index (χ2v) is 6.35. The summed E-state index contributed by atoms with van der Waals surface area (Å²) in [7, 11) is 0. The highest BCUT2D eigenvalue weighted by molar-refractivity contribution is 5.40. The van der Waals surface area contributed by atoms with Crippen LogP contribution in [-0.4, -0.2) is 19.3 Å². The molecule has 0 heterocycles. The minimum absolute atomic E-state index is 0.483. The summed E-state index contributed by atoms with van der Waals surface area (Å²) in [6.45, 7) is 5.82. The van der Waals surface area contributed by atoms with E-state index in [2.05, 4.69) is 24.8 Å². The third kappa shape index (κ3) is 6.81. The average Bonchev–Trinajstić information content (AvgIpc) is 2.62. The molecule has 0 spiro atoms. The summed E-state index contributed by atoms with van der Waals surface area (Å²) in [5.74, 6) is 7.89. The number of rotatable bonds is 7. The SMILES string of the molecule is CCCCOC1CCC(/C=C/C#Cc2ccc(OCC)cc2)CC1. The van der Waals surface area contributed by atoms with Gasteiger partial charge in [-0.1, -0.05) is 31.3 Å². The van der Waals surface area contributed by atoms with Gasteiger partial charge >= 0.3 is 0 Å². The second kappa shape index (κ2) is 10.9. The van der Waals surface area contributed by atoms with E-state index in [4.69, 9.17) is 9.47 Å². The van der Waals surface area contributed by atoms with E-state index in [1.54, 1.807) is 0 Å². The molecular formula is C22H30O2. The highest BCUT2D eigenvalue weighted by Crippen LogP contribution is 2.27. The molecule has 0 aliphatic heterocycles. The van der Waals surface area contributed by atoms with Crippen molar-refractivity contribution < 1.29 is 9.47 Å². The van der Waals surface area contributed by atoms with Gasteiger partial charge < -0.3 is 9.47 Å². The van der Waals surface area contributed by atoms with Crippen LogP contribution in [0.5, 0.6) is 5.75 Å². The lowest BCUT2D eigenvalue weighted by Crippen LogP contribution is -2.21. The minimum Gasteiger partial charge on any atom is -0.494 e. The Kier molecular flexibility index (Phi) is 8.49. The Morgan fingerprint density at radius 1 is 1.08 bits per heavy atom. The van der Waals surface area contributed by atoms with Gasteiger partial charge in [0.2, 0.25) is 0 Å². The Balaban J connectivity index is 1.71. The molecule has 0 unspecified atom stereocenters. The van der Waals surface area contributed by atoms with Crippen molar-refractivity contribution in [1.82, 2.24) is 0 Å². The molecule has 0 bridgehead atoms. The van der Waals surface area contributed by atoms with E-state index in [1.165, 1.54) is 38.5 Å². The van der Waals surface area contributed by atoms with Gasteiger partial charge in [0, 0.05) is 12.2 Å². The Labute approximate surface area is 147 Å². The fourth-order valence-corrected chi connectivity index (χ4v) is 2.95. The number of benzene rings is 1. The number of allylic oxidation sites excluding steroid dienone is 2. The Bertz CT molecular complexity index is 540. The van der Waals surface area contributed by atoms with Crippen LogP contribution in [0.1, 0.15) is 57.9 Å². The Hall–Kier alpha value is -1.72. The molecule has 1 aromatic carbocycles. The molecule has 0 saturated heterocycles. The third-order valence-electron chi connectivity index (χ3n) is 4.40. The number of ether oxygens (including phenoxy) is 2. The lowest BCUT2D eigenvalue weighted by atomic mass is 9.87. The van der Waals surface area contributed by atoms with E-state index in [-0.39, 0.29) is 0 Å². The zero-order valence-electron chi connectivity index (χ0n) is 15.1. The van der Waals surface area contributed by atoms with E-state index < -0.39 is 0 Å². The number of unbranched alkanes of at least 4 members (excludes halogenated alkanes) is 1. The van der Waals surface area contributed by atoms with Crippen molar-refractivity contribution >= 4 is 0 Å². The zero-order valence-corrected chi connectivity index (χ0v) is 15.1. The maximum atomic E-state index is 5.92. The van der Waals surface area contributed by atoms with Crippen LogP contribution < -0.4 is 4.74 Å². The van der Waals surface area contributed by atoms with Crippen molar-refractivity contribution in [2.24, 2.45) is 5.92 Å². The molecular weight excluding hydrogens is 296 g/mol. The van der Waals surface area contributed by atoms with Crippen LogP contribution in [0, 0.1) is 17.8 Å². The molecule has 1 saturated carbocycles. The topological polar surface area (TPSA) is 18.5 Å². The van der Waals surface area contributed by atoms with E-state index in [0.717, 1.165) is 17.9 Å². The molecule has 2 rings (SSSR count). The molecule has 2 nitrogen and oxygen atoms in total. The summed E-state index contributed by atoms with van der Waals surface area (Å²) in [5, 5.41) is 0. The predicted octanol–water partition coefficient (Wildman–Crippen LogP) is 5.37. The van der Waals surface area contributed by atoms with Crippen LogP contribution in [0.25, 0.3) is 0 Å². The largest absolute Gasteiger partial charge is 0.494 e. The lowest BCUT2D eigenvalue weighted by Gasteiger charge is -2.26. The van der Waals surface area contributed by atoms with Crippen LogP contribution in [0.4, 0.5) is 0 Å². The molecule has 0 aromatic heterocycles. The highest BCUT2D eigenvalue weighted by Gasteiger charge is 2.19. The normalized spacial score (nSPS) is 20.6. The first-order valence-electron chi connectivity index (χ1n) is 9.34. The summed E-state index contributed by atoms with van der Waals surface area (Å²) < 4.78 is 11.4. The van der Waals surface area contributed by atoms with Gasteiger partial charge in [0.1, 0.15) is 5.75 Å². The first-order chi connectivity index (χ1) is 11.8. The molecule has 1 aliphatic rings. The van der Waals surface area contributed by atoms with Gasteiger partial charge in [-0.2, -0.15) is 0 Å². The van der Waals surface area contributed by atoms with Crippen LogP contribution in [-0.2, 0) is 4.74 Å². The smallest absolute Gasteiger partial charge is 0.119 e. The molecule has 24 heavy (non-hydrogen) atoms. The maximum Gasteiger partial charge on any atom is 0.119 e. The summed E-state index contributed by atoms with van der Waals surface area (Å²) in [5.41, 5.74) is 1.02. The monoisotopic (exact) mass is 326 g/mol. The van der Waals surface area contributed by atoms with Crippen molar-refractivity contribution in [3.8, 4) is 17.6 Å². The Morgan fingerprint density at radius 2 is 1.83 bits per heavy atom. The van der Waals surface area contributed by atoms with Gasteiger partial charge in [-0.05, 0) is 75.3 Å². The number of hydrogen-bond acceptors (Lipinski definition) is 2. The molecule has 1 aromatic rings. The van der Waals surface area contributed by atoms with Crippen LogP contribution in [0.3, 0.4) is 0 Å². The molecule has 130 valence electrons. The lowest BCUT2D eigenvalue weighted by molar-refractivity contribution is 0.0209. The molecule has 0 radical (unpaired) electrons. The fraction of sp³-hybridized carbons (Fsp3) is 0.545. The first kappa shape index (κ1) is 18.6. The molecule has 2 heteroatoms. The van der Waals surface area contributed by atoms with Gasteiger partial charge in [-0.15, -0.1) is 0 Å². The van der Waals surface area contributed by atoms with Crippen molar-refractivity contribution in [2.75, 3.05) is 13.2 Å². The van der Waals surface area contributed by atoms with E-state index in [0.29, 0.717) is 18.6 Å². The zero-order chi connectivity index (χ0) is 17.0. The summed E-state index contributed by atoms with van der Waals surface area (Å²) in [6, 6.07) is 7.95. The molecule has 0 atom stereocenters. The van der Waals surface area contributed by atoms with Crippen molar-refractivity contribution in [1.29, 1.82) is 0 Å². The quantitative estimate of drug-likeness (QED) is 0.495. The summed E-state index contributed by atoms with van der Waals surface area (Å²) in [6.07, 6.45) is 12.0. The highest BCUT2D eigenvalue weighted by atomic mass is 16.5. The van der Waals surface area contributed by atoms with E-state index >= 15 is 0 Å².